The maximum atomic E-state index is 9.06. The largest absolute Gasteiger partial charge is 0.495 e. The maximum Gasteiger partial charge on any atom is 0.142 e. The molecule has 0 aliphatic carbocycles. The molecule has 0 radical (unpaired) electrons. The molecule has 2 aromatic rings. The summed E-state index contributed by atoms with van der Waals surface area (Å²) >= 11 is 6.04. The van der Waals surface area contributed by atoms with Gasteiger partial charge in [0.25, 0.3) is 0 Å². The van der Waals surface area contributed by atoms with Crippen LogP contribution in [0.5, 0.6) is 5.75 Å². The molecule has 1 heterocycles. The Morgan fingerprint density at radius 3 is 2.56 bits per heavy atom. The third-order valence-electron chi connectivity index (χ3n) is 2.93. The molecule has 92 valence electrons. The van der Waals surface area contributed by atoms with Gasteiger partial charge in [-0.25, -0.2) is 0 Å². The number of halogens is 1. The molecule has 0 unspecified atom stereocenters. The summed E-state index contributed by atoms with van der Waals surface area (Å²) in [5.41, 5.74) is 3.37. The molecule has 4 heteroatoms. The summed E-state index contributed by atoms with van der Waals surface area (Å²) in [7, 11) is 1.62. The van der Waals surface area contributed by atoms with E-state index < -0.39 is 0 Å². The minimum Gasteiger partial charge on any atom is -0.495 e. The van der Waals surface area contributed by atoms with E-state index in [0.717, 1.165) is 22.8 Å². The van der Waals surface area contributed by atoms with Crippen LogP contribution in [0.4, 0.5) is 0 Å². The molecule has 0 atom stereocenters. The molecular formula is C14H13ClN2O. The van der Waals surface area contributed by atoms with Crippen LogP contribution in [0.2, 0.25) is 5.02 Å². The van der Waals surface area contributed by atoms with Gasteiger partial charge in [0.2, 0.25) is 0 Å². The van der Waals surface area contributed by atoms with Gasteiger partial charge in [-0.2, -0.15) is 5.26 Å². The smallest absolute Gasteiger partial charge is 0.142 e. The predicted molar refractivity (Wildman–Crippen MR) is 71.5 cm³/mol. The van der Waals surface area contributed by atoms with E-state index in [-0.39, 0.29) is 0 Å². The highest BCUT2D eigenvalue weighted by atomic mass is 35.5. The third-order valence-corrected chi connectivity index (χ3v) is 3.17. The van der Waals surface area contributed by atoms with E-state index in [2.05, 4.69) is 6.07 Å². The Morgan fingerprint density at radius 1 is 1.28 bits per heavy atom. The van der Waals surface area contributed by atoms with Gasteiger partial charge in [0.1, 0.15) is 11.8 Å². The zero-order chi connectivity index (χ0) is 13.3. The topological polar surface area (TPSA) is 38.0 Å². The predicted octanol–water partition coefficient (Wildman–Crippen LogP) is 3.63. The Hall–Kier alpha value is -1.92. The van der Waals surface area contributed by atoms with Crippen molar-refractivity contribution in [1.82, 2.24) is 4.57 Å². The molecule has 0 bridgehead atoms. The number of hydrogen-bond acceptors (Lipinski definition) is 2. The van der Waals surface area contributed by atoms with Crippen molar-refractivity contribution in [3.63, 3.8) is 0 Å². The van der Waals surface area contributed by atoms with Gasteiger partial charge in [-0.3, -0.25) is 0 Å². The van der Waals surface area contributed by atoms with Gasteiger partial charge >= 0.3 is 0 Å². The highest BCUT2D eigenvalue weighted by Crippen LogP contribution is 2.30. The maximum absolute atomic E-state index is 9.06. The molecule has 0 spiro atoms. The average Bonchev–Trinajstić information content (AvgIpc) is 2.64. The van der Waals surface area contributed by atoms with E-state index in [4.69, 9.17) is 21.6 Å². The first-order chi connectivity index (χ1) is 8.58. The minimum absolute atomic E-state index is 0.636. The van der Waals surface area contributed by atoms with Gasteiger partial charge in [-0.05, 0) is 38.1 Å². The lowest BCUT2D eigenvalue weighted by Gasteiger charge is -2.14. The number of aryl methyl sites for hydroxylation is 1. The molecule has 0 saturated heterocycles. The number of nitrogens with zero attached hydrogens (tertiary/aromatic N) is 2. The number of benzene rings is 1. The monoisotopic (exact) mass is 260 g/mol. The van der Waals surface area contributed by atoms with Crippen molar-refractivity contribution >= 4 is 11.6 Å². The van der Waals surface area contributed by atoms with Crippen molar-refractivity contribution in [2.45, 2.75) is 13.8 Å². The van der Waals surface area contributed by atoms with Crippen LogP contribution in [0.1, 0.15) is 17.0 Å². The molecule has 0 fully saturated rings. The molecule has 0 N–H and O–H groups in total. The summed E-state index contributed by atoms with van der Waals surface area (Å²) in [6, 6.07) is 9.48. The lowest BCUT2D eigenvalue weighted by atomic mass is 10.2. The highest BCUT2D eigenvalue weighted by molar-refractivity contribution is 6.30. The Morgan fingerprint density at radius 2 is 2.00 bits per heavy atom. The molecule has 0 aliphatic heterocycles. The molecule has 0 saturated carbocycles. The van der Waals surface area contributed by atoms with E-state index in [1.54, 1.807) is 13.2 Å². The number of hydrogen-bond donors (Lipinski definition) is 0. The number of aromatic nitrogens is 1. The molecule has 0 amide bonds. The van der Waals surface area contributed by atoms with Crippen LogP contribution in [-0.4, -0.2) is 11.7 Å². The lowest BCUT2D eigenvalue weighted by Crippen LogP contribution is -2.02. The molecular weight excluding hydrogens is 248 g/mol. The summed E-state index contributed by atoms with van der Waals surface area (Å²) < 4.78 is 7.32. The second-order valence-electron chi connectivity index (χ2n) is 4.05. The van der Waals surface area contributed by atoms with Crippen molar-refractivity contribution in [2.75, 3.05) is 7.11 Å². The van der Waals surface area contributed by atoms with Gasteiger partial charge in [0.05, 0.1) is 18.4 Å². The molecule has 1 aromatic carbocycles. The Bertz CT molecular complexity index is 638. The van der Waals surface area contributed by atoms with Crippen molar-refractivity contribution in [1.29, 1.82) is 5.26 Å². The van der Waals surface area contributed by atoms with Gasteiger partial charge in [0, 0.05) is 16.4 Å². The van der Waals surface area contributed by atoms with Crippen LogP contribution in [0, 0.1) is 25.2 Å². The number of rotatable bonds is 2. The van der Waals surface area contributed by atoms with Crippen molar-refractivity contribution < 1.29 is 4.74 Å². The summed E-state index contributed by atoms with van der Waals surface area (Å²) in [4.78, 5) is 0. The molecule has 1 aromatic heterocycles. The van der Waals surface area contributed by atoms with Crippen LogP contribution in [0.3, 0.4) is 0 Å². The fourth-order valence-electron chi connectivity index (χ4n) is 2.08. The Labute approximate surface area is 111 Å². The van der Waals surface area contributed by atoms with E-state index in [9.17, 15) is 0 Å². The van der Waals surface area contributed by atoms with E-state index in [1.165, 1.54) is 0 Å². The average molecular weight is 261 g/mol. The first-order valence-corrected chi connectivity index (χ1v) is 5.89. The quantitative estimate of drug-likeness (QED) is 0.827. The van der Waals surface area contributed by atoms with E-state index in [0.29, 0.717) is 10.6 Å². The Kier molecular flexibility index (Phi) is 3.31. The second kappa shape index (κ2) is 4.75. The van der Waals surface area contributed by atoms with Crippen molar-refractivity contribution in [3.8, 4) is 17.5 Å². The van der Waals surface area contributed by atoms with Gasteiger partial charge < -0.3 is 9.30 Å². The first-order valence-electron chi connectivity index (χ1n) is 5.51. The van der Waals surface area contributed by atoms with Crippen molar-refractivity contribution in [3.05, 3.63) is 46.2 Å². The number of nitriles is 1. The molecule has 18 heavy (non-hydrogen) atoms. The zero-order valence-electron chi connectivity index (χ0n) is 10.5. The fraction of sp³-hybridized carbons (Fsp3) is 0.214. The fourth-order valence-corrected chi connectivity index (χ4v) is 2.25. The molecule has 3 nitrogen and oxygen atoms in total. The van der Waals surface area contributed by atoms with Crippen LogP contribution >= 0.6 is 11.6 Å². The first kappa shape index (κ1) is 12.5. The zero-order valence-corrected chi connectivity index (χ0v) is 11.2. The summed E-state index contributed by atoms with van der Waals surface area (Å²) in [6.45, 7) is 3.86. The SMILES string of the molecule is COc1ccc(Cl)cc1-n1c(C)cc(C#N)c1C. The normalized spacial score (nSPS) is 10.2. The van der Waals surface area contributed by atoms with Crippen LogP contribution in [0.15, 0.2) is 24.3 Å². The van der Waals surface area contributed by atoms with Crippen LogP contribution in [-0.2, 0) is 0 Å². The number of methoxy groups -OCH3 is 1. The summed E-state index contributed by atoms with van der Waals surface area (Å²) in [6.07, 6.45) is 0. The molecule has 2 rings (SSSR count). The standard InChI is InChI=1S/C14H13ClN2O/c1-9-6-11(8-16)10(2)17(9)13-7-12(15)4-5-14(13)18-3/h4-7H,1-3H3. The summed E-state index contributed by atoms with van der Waals surface area (Å²) in [5, 5.41) is 9.70. The van der Waals surface area contributed by atoms with Crippen LogP contribution < -0.4 is 4.74 Å². The van der Waals surface area contributed by atoms with E-state index >= 15 is 0 Å². The van der Waals surface area contributed by atoms with Gasteiger partial charge in [0.15, 0.2) is 0 Å². The number of ether oxygens (including phenoxy) is 1. The second-order valence-corrected chi connectivity index (χ2v) is 4.48. The lowest BCUT2D eigenvalue weighted by molar-refractivity contribution is 0.412. The summed E-state index contributed by atoms with van der Waals surface area (Å²) in [5.74, 6) is 0.727. The van der Waals surface area contributed by atoms with Gasteiger partial charge in [-0.15, -0.1) is 0 Å². The van der Waals surface area contributed by atoms with Crippen molar-refractivity contribution in [2.24, 2.45) is 0 Å². The highest BCUT2D eigenvalue weighted by Gasteiger charge is 2.14. The minimum atomic E-state index is 0.636. The van der Waals surface area contributed by atoms with Crippen LogP contribution in [0.25, 0.3) is 5.69 Å². The molecule has 0 aliphatic rings. The van der Waals surface area contributed by atoms with E-state index in [1.807, 2.05) is 36.6 Å². The third kappa shape index (κ3) is 1.96. The van der Waals surface area contributed by atoms with Gasteiger partial charge in [-0.1, -0.05) is 11.6 Å². The Balaban J connectivity index is 2.73.